The fourth-order valence-electron chi connectivity index (χ4n) is 2.66. The first-order valence-electron chi connectivity index (χ1n) is 7.49. The first-order valence-corrected chi connectivity index (χ1v) is 8.47. The summed E-state index contributed by atoms with van der Waals surface area (Å²) in [4.78, 5) is 14.3. The summed E-state index contributed by atoms with van der Waals surface area (Å²) in [7, 11) is 4.99. The number of carbonyl (C=O) groups excluding carboxylic acids is 1. The molecule has 0 aliphatic carbocycles. The zero-order valence-corrected chi connectivity index (χ0v) is 14.7. The normalized spacial score (nSPS) is 13.5. The molecule has 0 saturated carbocycles. The molecule has 2 aromatic rings. The van der Waals surface area contributed by atoms with Crippen LogP contribution < -0.4 is 9.47 Å². The largest absolute Gasteiger partial charge is 0.493 e. The van der Waals surface area contributed by atoms with Crippen LogP contribution in [0, 0.1) is 0 Å². The molecule has 0 atom stereocenters. The van der Waals surface area contributed by atoms with E-state index < -0.39 is 0 Å². The van der Waals surface area contributed by atoms with Gasteiger partial charge in [0.25, 0.3) is 0 Å². The maximum atomic E-state index is 12.5. The van der Waals surface area contributed by atoms with Crippen LogP contribution >= 0.6 is 11.8 Å². The molecule has 0 unspecified atom stereocenters. The van der Waals surface area contributed by atoms with Gasteiger partial charge in [0.15, 0.2) is 11.5 Å². The topological polar surface area (TPSA) is 82.4 Å². The highest BCUT2D eigenvalue weighted by atomic mass is 32.2. The van der Waals surface area contributed by atoms with Crippen LogP contribution in [0.2, 0.25) is 0 Å². The summed E-state index contributed by atoms with van der Waals surface area (Å²) in [5.41, 5.74) is 2.29. The van der Waals surface area contributed by atoms with Crippen molar-refractivity contribution in [2.45, 2.75) is 18.1 Å². The standard InChI is InChI=1S/C15H19N5O3S/c1-19-15(16-17-18-19)24-9-14(21)20-5-4-10-6-12(22-2)13(23-3)7-11(10)8-20/h6-7H,4-5,8-9H2,1-3H3. The minimum atomic E-state index is 0.0726. The van der Waals surface area contributed by atoms with Crippen molar-refractivity contribution < 1.29 is 14.3 Å². The first-order chi connectivity index (χ1) is 11.6. The van der Waals surface area contributed by atoms with E-state index in [-0.39, 0.29) is 5.91 Å². The van der Waals surface area contributed by atoms with Gasteiger partial charge >= 0.3 is 0 Å². The van der Waals surface area contributed by atoms with E-state index in [0.717, 1.165) is 17.7 Å². The molecule has 24 heavy (non-hydrogen) atoms. The third-order valence-electron chi connectivity index (χ3n) is 3.98. The Bertz CT molecular complexity index is 749. The van der Waals surface area contributed by atoms with E-state index in [1.807, 2.05) is 17.0 Å². The van der Waals surface area contributed by atoms with Gasteiger partial charge in [-0.3, -0.25) is 4.79 Å². The number of methoxy groups -OCH3 is 2. The van der Waals surface area contributed by atoms with Crippen molar-refractivity contribution in [3.05, 3.63) is 23.3 Å². The Labute approximate surface area is 144 Å². The number of hydrogen-bond acceptors (Lipinski definition) is 7. The van der Waals surface area contributed by atoms with Crippen LogP contribution in [0.5, 0.6) is 11.5 Å². The van der Waals surface area contributed by atoms with Gasteiger partial charge in [-0.2, -0.15) is 0 Å². The van der Waals surface area contributed by atoms with Gasteiger partial charge in [-0.15, -0.1) is 5.10 Å². The Hall–Kier alpha value is -2.29. The number of tetrazole rings is 1. The quantitative estimate of drug-likeness (QED) is 0.742. The lowest BCUT2D eigenvalue weighted by molar-refractivity contribution is -0.129. The monoisotopic (exact) mass is 349 g/mol. The molecule has 0 N–H and O–H groups in total. The highest BCUT2D eigenvalue weighted by Crippen LogP contribution is 2.33. The van der Waals surface area contributed by atoms with Crippen LogP contribution in [0.15, 0.2) is 17.3 Å². The summed E-state index contributed by atoms with van der Waals surface area (Å²) in [5, 5.41) is 11.8. The highest BCUT2D eigenvalue weighted by molar-refractivity contribution is 7.99. The number of aryl methyl sites for hydroxylation is 1. The van der Waals surface area contributed by atoms with Crippen molar-refractivity contribution in [1.82, 2.24) is 25.1 Å². The molecular weight excluding hydrogens is 330 g/mol. The number of nitrogens with zero attached hydrogens (tertiary/aromatic N) is 5. The second-order valence-electron chi connectivity index (χ2n) is 5.41. The molecule has 2 heterocycles. The number of benzene rings is 1. The lowest BCUT2D eigenvalue weighted by Crippen LogP contribution is -2.37. The summed E-state index contributed by atoms with van der Waals surface area (Å²) in [5.74, 6) is 1.80. The van der Waals surface area contributed by atoms with Crippen LogP contribution in [0.3, 0.4) is 0 Å². The molecule has 3 rings (SSSR count). The van der Waals surface area contributed by atoms with Crippen molar-refractivity contribution in [3.63, 3.8) is 0 Å². The van der Waals surface area contributed by atoms with E-state index in [4.69, 9.17) is 9.47 Å². The number of rotatable bonds is 5. The number of aromatic nitrogens is 4. The van der Waals surface area contributed by atoms with Gasteiger partial charge in [-0.1, -0.05) is 11.8 Å². The SMILES string of the molecule is COc1cc2c(cc1OC)CN(C(=O)CSc1nnnn1C)CC2. The first kappa shape index (κ1) is 16.6. The van der Waals surface area contributed by atoms with Gasteiger partial charge < -0.3 is 14.4 Å². The van der Waals surface area contributed by atoms with Crippen LogP contribution in [0.1, 0.15) is 11.1 Å². The Kier molecular flexibility index (Phi) is 4.89. The van der Waals surface area contributed by atoms with Crippen molar-refractivity contribution in [2.24, 2.45) is 7.05 Å². The third-order valence-corrected chi connectivity index (χ3v) is 4.97. The minimum Gasteiger partial charge on any atom is -0.493 e. The van der Waals surface area contributed by atoms with E-state index in [9.17, 15) is 4.79 Å². The molecule has 0 bridgehead atoms. The van der Waals surface area contributed by atoms with E-state index in [0.29, 0.717) is 29.7 Å². The van der Waals surface area contributed by atoms with Gasteiger partial charge in [-0.25, -0.2) is 4.68 Å². The second kappa shape index (κ2) is 7.08. The Morgan fingerprint density at radius 1 is 1.25 bits per heavy atom. The second-order valence-corrected chi connectivity index (χ2v) is 6.36. The summed E-state index contributed by atoms with van der Waals surface area (Å²) in [6, 6.07) is 3.95. The van der Waals surface area contributed by atoms with Crippen LogP contribution in [-0.2, 0) is 24.8 Å². The number of fused-ring (bicyclic) bond motifs is 1. The fourth-order valence-corrected chi connectivity index (χ4v) is 3.41. The molecule has 0 saturated heterocycles. The van der Waals surface area contributed by atoms with Crippen molar-refractivity contribution in [3.8, 4) is 11.5 Å². The molecule has 9 heteroatoms. The molecule has 0 fully saturated rings. The van der Waals surface area contributed by atoms with Crippen LogP contribution in [0.25, 0.3) is 0 Å². The van der Waals surface area contributed by atoms with Gasteiger partial charge in [0.05, 0.1) is 20.0 Å². The van der Waals surface area contributed by atoms with Crippen LogP contribution in [-0.4, -0.2) is 57.5 Å². The van der Waals surface area contributed by atoms with Gasteiger partial charge in [0, 0.05) is 20.1 Å². The lowest BCUT2D eigenvalue weighted by atomic mass is 9.99. The average Bonchev–Trinajstić information content (AvgIpc) is 3.02. The molecular formula is C15H19N5O3S. The van der Waals surface area contributed by atoms with E-state index in [1.165, 1.54) is 17.3 Å². The lowest BCUT2D eigenvalue weighted by Gasteiger charge is -2.29. The van der Waals surface area contributed by atoms with Crippen molar-refractivity contribution in [2.75, 3.05) is 26.5 Å². The number of thioether (sulfide) groups is 1. The van der Waals surface area contributed by atoms with Gasteiger partial charge in [0.2, 0.25) is 11.1 Å². The molecule has 1 aromatic heterocycles. The highest BCUT2D eigenvalue weighted by Gasteiger charge is 2.23. The molecule has 128 valence electrons. The molecule has 8 nitrogen and oxygen atoms in total. The van der Waals surface area contributed by atoms with E-state index in [1.54, 1.807) is 25.9 Å². The Morgan fingerprint density at radius 2 is 1.96 bits per heavy atom. The molecule has 1 aromatic carbocycles. The van der Waals surface area contributed by atoms with Crippen LogP contribution in [0.4, 0.5) is 0 Å². The molecule has 1 aliphatic heterocycles. The number of amides is 1. The van der Waals surface area contributed by atoms with E-state index >= 15 is 0 Å². The molecule has 1 aliphatic rings. The van der Waals surface area contributed by atoms with Gasteiger partial charge in [0.1, 0.15) is 0 Å². The predicted molar refractivity (Wildman–Crippen MR) is 88.2 cm³/mol. The molecule has 1 amide bonds. The molecule has 0 radical (unpaired) electrons. The number of ether oxygens (including phenoxy) is 2. The number of carbonyl (C=O) groups is 1. The summed E-state index contributed by atoms with van der Waals surface area (Å²) in [6.07, 6.45) is 0.803. The minimum absolute atomic E-state index is 0.0726. The Balaban J connectivity index is 1.67. The zero-order valence-electron chi connectivity index (χ0n) is 13.9. The summed E-state index contributed by atoms with van der Waals surface area (Å²) < 4.78 is 12.2. The average molecular weight is 349 g/mol. The maximum absolute atomic E-state index is 12.5. The van der Waals surface area contributed by atoms with Crippen molar-refractivity contribution >= 4 is 17.7 Å². The zero-order chi connectivity index (χ0) is 17.1. The van der Waals surface area contributed by atoms with E-state index in [2.05, 4.69) is 15.5 Å². The smallest absolute Gasteiger partial charge is 0.233 e. The Morgan fingerprint density at radius 3 is 2.58 bits per heavy atom. The summed E-state index contributed by atoms with van der Waals surface area (Å²) in [6.45, 7) is 1.27. The number of hydrogen-bond donors (Lipinski definition) is 0. The van der Waals surface area contributed by atoms with Gasteiger partial charge in [-0.05, 0) is 40.1 Å². The molecule has 0 spiro atoms. The predicted octanol–water partition coefficient (Wildman–Crippen LogP) is 0.904. The summed E-state index contributed by atoms with van der Waals surface area (Å²) >= 11 is 1.34. The fraction of sp³-hybridized carbons (Fsp3) is 0.467. The third kappa shape index (κ3) is 3.30. The van der Waals surface area contributed by atoms with Crippen molar-refractivity contribution in [1.29, 1.82) is 0 Å². The maximum Gasteiger partial charge on any atom is 0.233 e.